The first kappa shape index (κ1) is 23.3. The zero-order valence-corrected chi connectivity index (χ0v) is 18.1. The molecular formula is C22H20F4N6O2. The van der Waals surface area contributed by atoms with Crippen molar-refractivity contribution in [3.8, 4) is 11.1 Å². The zero-order chi connectivity index (χ0) is 24.5. The van der Waals surface area contributed by atoms with Gasteiger partial charge in [-0.1, -0.05) is 12.1 Å². The van der Waals surface area contributed by atoms with Gasteiger partial charge in [0.05, 0.1) is 11.6 Å². The Hall–Kier alpha value is -3.83. The molecule has 0 saturated carbocycles. The molecule has 1 amide bonds. The highest BCUT2D eigenvalue weighted by Crippen LogP contribution is 2.31. The molecule has 4 rings (SSSR count). The van der Waals surface area contributed by atoms with E-state index in [2.05, 4.69) is 25.3 Å². The van der Waals surface area contributed by atoms with Crippen molar-refractivity contribution in [2.75, 3.05) is 16.8 Å². The summed E-state index contributed by atoms with van der Waals surface area (Å²) in [7, 11) is 0. The zero-order valence-electron chi connectivity index (χ0n) is 18.1. The second-order valence-corrected chi connectivity index (χ2v) is 7.70. The number of benzene rings is 1. The number of carbonyl (C=O) groups excluding carboxylic acids is 1. The van der Waals surface area contributed by atoms with Crippen molar-refractivity contribution in [3.63, 3.8) is 0 Å². The molecule has 3 heterocycles. The van der Waals surface area contributed by atoms with Gasteiger partial charge in [-0.2, -0.15) is 18.2 Å². The molecule has 34 heavy (non-hydrogen) atoms. The second-order valence-electron chi connectivity index (χ2n) is 7.70. The minimum absolute atomic E-state index is 0.0706. The lowest BCUT2D eigenvalue weighted by Crippen LogP contribution is -2.39. The Kier molecular flexibility index (Phi) is 6.31. The fraction of sp³-hybridized carbons (Fsp3) is 0.318. The van der Waals surface area contributed by atoms with Crippen LogP contribution in [0.1, 0.15) is 31.3 Å². The molecule has 0 spiro atoms. The number of ether oxygens (including phenoxy) is 1. The van der Waals surface area contributed by atoms with Crippen LogP contribution in [0.3, 0.4) is 0 Å². The molecule has 0 radical (unpaired) electrons. The minimum Gasteiger partial charge on any atom is -0.447 e. The van der Waals surface area contributed by atoms with E-state index in [1.165, 1.54) is 43.7 Å². The number of hydrogen-bond acceptors (Lipinski definition) is 7. The third-order valence-corrected chi connectivity index (χ3v) is 5.27. The molecule has 12 heteroatoms. The number of rotatable bonds is 6. The van der Waals surface area contributed by atoms with Crippen LogP contribution in [0.2, 0.25) is 0 Å². The van der Waals surface area contributed by atoms with Crippen LogP contribution >= 0.6 is 0 Å². The van der Waals surface area contributed by atoms with Crippen LogP contribution in [-0.2, 0) is 10.9 Å². The van der Waals surface area contributed by atoms with Crippen molar-refractivity contribution in [2.24, 2.45) is 0 Å². The smallest absolute Gasteiger partial charge is 0.416 e. The summed E-state index contributed by atoms with van der Waals surface area (Å²) in [5.41, 5.74) is 0.371. The van der Waals surface area contributed by atoms with E-state index >= 15 is 0 Å². The molecule has 1 aliphatic rings. The summed E-state index contributed by atoms with van der Waals surface area (Å²) in [6, 6.07) is 4.97. The maximum atomic E-state index is 13.9. The van der Waals surface area contributed by atoms with Gasteiger partial charge in [0.25, 0.3) is 0 Å². The van der Waals surface area contributed by atoms with Crippen molar-refractivity contribution in [1.82, 2.24) is 19.9 Å². The van der Waals surface area contributed by atoms with Gasteiger partial charge in [0.15, 0.2) is 0 Å². The number of cyclic esters (lactones) is 1. The van der Waals surface area contributed by atoms with E-state index in [9.17, 15) is 22.4 Å². The molecule has 1 unspecified atom stereocenters. The van der Waals surface area contributed by atoms with Gasteiger partial charge >= 0.3 is 12.3 Å². The van der Waals surface area contributed by atoms with Crippen LogP contribution in [0.4, 0.5) is 34.1 Å². The fourth-order valence-corrected chi connectivity index (χ4v) is 3.41. The molecule has 0 aliphatic carbocycles. The van der Waals surface area contributed by atoms with Gasteiger partial charge in [-0.3, -0.25) is 4.90 Å². The van der Waals surface area contributed by atoms with Crippen LogP contribution in [0.5, 0.6) is 0 Å². The molecule has 1 N–H and O–H groups in total. The molecule has 1 fully saturated rings. The molecule has 1 aromatic carbocycles. The van der Waals surface area contributed by atoms with Crippen molar-refractivity contribution >= 4 is 17.9 Å². The van der Waals surface area contributed by atoms with Gasteiger partial charge in [-0.15, -0.1) is 0 Å². The number of hydrogen-bond donors (Lipinski definition) is 1. The highest BCUT2D eigenvalue weighted by Gasteiger charge is 2.39. The monoisotopic (exact) mass is 476 g/mol. The molecule has 1 aliphatic heterocycles. The molecule has 3 aromatic rings. The van der Waals surface area contributed by atoms with Gasteiger partial charge in [0.1, 0.15) is 30.5 Å². The minimum atomic E-state index is -4.40. The second kappa shape index (κ2) is 9.20. The molecule has 8 nitrogen and oxygen atoms in total. The number of halogens is 4. The highest BCUT2D eigenvalue weighted by atomic mass is 19.4. The van der Waals surface area contributed by atoms with Crippen LogP contribution in [0, 0.1) is 0 Å². The Balaban J connectivity index is 1.47. The lowest BCUT2D eigenvalue weighted by atomic mass is 10.1. The van der Waals surface area contributed by atoms with E-state index in [0.717, 1.165) is 17.0 Å². The Morgan fingerprint density at radius 1 is 1.06 bits per heavy atom. The molecule has 3 atom stereocenters. The SMILES string of the molecule is C[C@H](Nc1nccc(N2C(=O)OCC2[C@H](C)F)n1)c1ncc(-c2ccc(C(F)(F)F)cc2)cn1. The van der Waals surface area contributed by atoms with E-state index in [1.54, 1.807) is 6.92 Å². The van der Waals surface area contributed by atoms with E-state index in [-0.39, 0.29) is 18.4 Å². The summed E-state index contributed by atoms with van der Waals surface area (Å²) in [5.74, 6) is 0.756. The molecule has 0 bridgehead atoms. The molecular weight excluding hydrogens is 456 g/mol. The summed E-state index contributed by atoms with van der Waals surface area (Å²) in [6.45, 7) is 3.03. The predicted molar refractivity (Wildman–Crippen MR) is 115 cm³/mol. The van der Waals surface area contributed by atoms with Crippen LogP contribution in [0.25, 0.3) is 11.1 Å². The Labute approximate surface area is 192 Å². The van der Waals surface area contributed by atoms with E-state index < -0.39 is 36.1 Å². The largest absolute Gasteiger partial charge is 0.447 e. The van der Waals surface area contributed by atoms with Gasteiger partial charge in [-0.05, 0) is 37.6 Å². The number of nitrogens with zero attached hydrogens (tertiary/aromatic N) is 5. The molecule has 178 valence electrons. The fourth-order valence-electron chi connectivity index (χ4n) is 3.41. The number of aromatic nitrogens is 4. The quantitative estimate of drug-likeness (QED) is 0.511. The summed E-state index contributed by atoms with van der Waals surface area (Å²) in [4.78, 5) is 30.2. The van der Waals surface area contributed by atoms with Gasteiger partial charge in [0.2, 0.25) is 5.95 Å². The Bertz CT molecular complexity index is 1160. The van der Waals surface area contributed by atoms with Crippen LogP contribution in [0.15, 0.2) is 48.9 Å². The summed E-state index contributed by atoms with van der Waals surface area (Å²) in [5, 5.41) is 3.02. The van der Waals surface area contributed by atoms with E-state index in [4.69, 9.17) is 4.74 Å². The van der Waals surface area contributed by atoms with E-state index in [1.807, 2.05) is 0 Å². The van der Waals surface area contributed by atoms with Crippen LogP contribution < -0.4 is 10.2 Å². The first-order chi connectivity index (χ1) is 16.1. The first-order valence-corrected chi connectivity index (χ1v) is 10.3. The van der Waals surface area contributed by atoms with Gasteiger partial charge < -0.3 is 10.1 Å². The van der Waals surface area contributed by atoms with Crippen molar-refractivity contribution in [3.05, 3.63) is 60.3 Å². The third-order valence-electron chi connectivity index (χ3n) is 5.27. The average molecular weight is 476 g/mol. The third kappa shape index (κ3) is 4.90. The lowest BCUT2D eigenvalue weighted by Gasteiger charge is -2.22. The first-order valence-electron chi connectivity index (χ1n) is 10.3. The molecule has 2 aromatic heterocycles. The standard InChI is InChI=1S/C22H20F4N6O2/c1-12(23)17-11-34-21(33)32(17)18-7-8-27-20(31-18)30-13(2)19-28-9-15(10-29-19)14-3-5-16(6-4-14)22(24,25)26/h3-10,12-13,17H,11H2,1-2H3,(H,27,30,31)/t12-,13-,17?/m0/s1. The topological polar surface area (TPSA) is 93.1 Å². The van der Waals surface area contributed by atoms with Crippen LogP contribution in [-0.4, -0.2) is 44.8 Å². The number of amides is 1. The van der Waals surface area contributed by atoms with E-state index in [0.29, 0.717) is 17.0 Å². The number of carbonyl (C=O) groups is 1. The summed E-state index contributed by atoms with van der Waals surface area (Å²) in [6.07, 6.45) is -1.96. The normalized spacial score (nSPS) is 17.9. The van der Waals surface area contributed by atoms with Gasteiger partial charge in [0, 0.05) is 24.2 Å². The summed E-state index contributed by atoms with van der Waals surface area (Å²) >= 11 is 0. The predicted octanol–water partition coefficient (Wildman–Crippen LogP) is 4.81. The van der Waals surface area contributed by atoms with Crippen molar-refractivity contribution in [2.45, 2.75) is 38.3 Å². The number of alkyl halides is 4. The maximum Gasteiger partial charge on any atom is 0.416 e. The maximum absolute atomic E-state index is 13.9. The summed E-state index contributed by atoms with van der Waals surface area (Å²) < 4.78 is 57.1. The number of nitrogens with one attached hydrogen (secondary N) is 1. The van der Waals surface area contributed by atoms with Crippen molar-refractivity contribution in [1.29, 1.82) is 0 Å². The van der Waals surface area contributed by atoms with Gasteiger partial charge in [-0.25, -0.2) is 24.1 Å². The Morgan fingerprint density at radius 2 is 1.74 bits per heavy atom. The highest BCUT2D eigenvalue weighted by molar-refractivity contribution is 5.89. The number of anilines is 2. The lowest BCUT2D eigenvalue weighted by molar-refractivity contribution is -0.137. The molecule has 1 saturated heterocycles. The average Bonchev–Trinajstić information content (AvgIpc) is 3.20. The Morgan fingerprint density at radius 3 is 2.35 bits per heavy atom. The van der Waals surface area contributed by atoms with Crippen molar-refractivity contribution < 1.29 is 27.1 Å².